The summed E-state index contributed by atoms with van der Waals surface area (Å²) in [5.41, 5.74) is 3.16. The van der Waals surface area contributed by atoms with Crippen molar-refractivity contribution in [3.8, 4) is 11.5 Å². The lowest BCUT2D eigenvalue weighted by Crippen LogP contribution is -2.13. The van der Waals surface area contributed by atoms with E-state index in [0.29, 0.717) is 13.2 Å². The fourth-order valence-electron chi connectivity index (χ4n) is 2.17. The van der Waals surface area contributed by atoms with Gasteiger partial charge in [-0.25, -0.2) is 0 Å². The number of hydrogen-bond acceptors (Lipinski definition) is 4. The van der Waals surface area contributed by atoms with E-state index in [9.17, 15) is 5.11 Å². The number of phenols is 1. The smallest absolute Gasteiger partial charge is 0.120 e. The fraction of sp³-hybridized carbons (Fsp3) is 0.294. The standard InChI is InChI=1S/C17H21NO3/c1-20-12-14-5-3-4-13(8-14)10-18-11-15-9-16(21-2)6-7-17(15)19/h3-9,18-19H,10-12H2,1-2H3. The Morgan fingerprint density at radius 1 is 1.00 bits per heavy atom. The largest absolute Gasteiger partial charge is 0.508 e. The maximum absolute atomic E-state index is 9.83. The molecule has 2 aromatic carbocycles. The van der Waals surface area contributed by atoms with Gasteiger partial charge >= 0.3 is 0 Å². The van der Waals surface area contributed by atoms with E-state index in [4.69, 9.17) is 9.47 Å². The van der Waals surface area contributed by atoms with Crippen LogP contribution in [0, 0.1) is 0 Å². The lowest BCUT2D eigenvalue weighted by molar-refractivity contribution is 0.185. The van der Waals surface area contributed by atoms with E-state index < -0.39 is 0 Å². The van der Waals surface area contributed by atoms with Gasteiger partial charge < -0.3 is 19.9 Å². The van der Waals surface area contributed by atoms with Gasteiger partial charge in [-0.3, -0.25) is 0 Å². The van der Waals surface area contributed by atoms with Crippen LogP contribution in [0.4, 0.5) is 0 Å². The molecule has 21 heavy (non-hydrogen) atoms. The van der Waals surface area contributed by atoms with Gasteiger partial charge in [0.15, 0.2) is 0 Å². The van der Waals surface area contributed by atoms with Crippen LogP contribution in [0.15, 0.2) is 42.5 Å². The van der Waals surface area contributed by atoms with E-state index in [1.165, 1.54) is 5.56 Å². The number of phenolic OH excluding ortho intramolecular Hbond substituents is 1. The first-order valence-corrected chi connectivity index (χ1v) is 6.86. The summed E-state index contributed by atoms with van der Waals surface area (Å²) >= 11 is 0. The summed E-state index contributed by atoms with van der Waals surface area (Å²) in [4.78, 5) is 0. The molecule has 112 valence electrons. The lowest BCUT2D eigenvalue weighted by atomic mass is 10.1. The first-order valence-electron chi connectivity index (χ1n) is 6.86. The van der Waals surface area contributed by atoms with Crippen molar-refractivity contribution in [2.75, 3.05) is 14.2 Å². The molecule has 0 heterocycles. The monoisotopic (exact) mass is 287 g/mol. The third-order valence-electron chi connectivity index (χ3n) is 3.23. The Morgan fingerprint density at radius 2 is 1.81 bits per heavy atom. The minimum Gasteiger partial charge on any atom is -0.508 e. The Bertz CT molecular complexity index is 584. The van der Waals surface area contributed by atoms with Crippen molar-refractivity contribution in [1.82, 2.24) is 5.32 Å². The summed E-state index contributed by atoms with van der Waals surface area (Å²) in [6.07, 6.45) is 0. The van der Waals surface area contributed by atoms with Crippen molar-refractivity contribution in [3.63, 3.8) is 0 Å². The number of benzene rings is 2. The quantitative estimate of drug-likeness (QED) is 0.822. The summed E-state index contributed by atoms with van der Waals surface area (Å²) in [6, 6.07) is 13.5. The molecular formula is C17H21NO3. The summed E-state index contributed by atoms with van der Waals surface area (Å²) < 4.78 is 10.3. The van der Waals surface area contributed by atoms with Gasteiger partial charge in [-0.1, -0.05) is 24.3 Å². The van der Waals surface area contributed by atoms with Gasteiger partial charge in [-0.15, -0.1) is 0 Å². The molecule has 0 aromatic heterocycles. The fourth-order valence-corrected chi connectivity index (χ4v) is 2.17. The molecule has 0 fully saturated rings. The number of rotatable bonds is 7. The lowest BCUT2D eigenvalue weighted by Gasteiger charge is -2.09. The van der Waals surface area contributed by atoms with Crippen molar-refractivity contribution < 1.29 is 14.6 Å². The predicted octanol–water partition coefficient (Wildman–Crippen LogP) is 2.84. The molecule has 2 N–H and O–H groups in total. The van der Waals surface area contributed by atoms with E-state index in [0.717, 1.165) is 23.4 Å². The highest BCUT2D eigenvalue weighted by molar-refractivity contribution is 5.39. The zero-order valence-electron chi connectivity index (χ0n) is 12.4. The van der Waals surface area contributed by atoms with E-state index in [-0.39, 0.29) is 5.75 Å². The Morgan fingerprint density at radius 3 is 2.57 bits per heavy atom. The van der Waals surface area contributed by atoms with Crippen LogP contribution in [0.2, 0.25) is 0 Å². The second kappa shape index (κ2) is 7.67. The maximum atomic E-state index is 9.83. The molecule has 2 aromatic rings. The molecule has 0 aliphatic heterocycles. The Balaban J connectivity index is 1.93. The van der Waals surface area contributed by atoms with Crippen LogP contribution in [0.1, 0.15) is 16.7 Å². The highest BCUT2D eigenvalue weighted by Gasteiger charge is 2.03. The van der Waals surface area contributed by atoms with E-state index in [1.807, 2.05) is 18.2 Å². The molecule has 0 bridgehead atoms. The summed E-state index contributed by atoms with van der Waals surface area (Å²) in [6.45, 7) is 1.93. The van der Waals surface area contributed by atoms with E-state index in [2.05, 4.69) is 17.4 Å². The topological polar surface area (TPSA) is 50.7 Å². The molecule has 0 atom stereocenters. The second-order valence-electron chi connectivity index (χ2n) is 4.85. The normalized spacial score (nSPS) is 10.6. The van der Waals surface area contributed by atoms with Gasteiger partial charge in [0.1, 0.15) is 11.5 Å². The van der Waals surface area contributed by atoms with Crippen LogP contribution >= 0.6 is 0 Å². The van der Waals surface area contributed by atoms with E-state index in [1.54, 1.807) is 26.4 Å². The minimum absolute atomic E-state index is 0.274. The molecule has 0 saturated carbocycles. The maximum Gasteiger partial charge on any atom is 0.120 e. The molecule has 0 aliphatic rings. The molecule has 0 saturated heterocycles. The van der Waals surface area contributed by atoms with Crippen LogP contribution in [-0.4, -0.2) is 19.3 Å². The third kappa shape index (κ3) is 4.48. The van der Waals surface area contributed by atoms with Crippen molar-refractivity contribution >= 4 is 0 Å². The Kier molecular flexibility index (Phi) is 5.60. The van der Waals surface area contributed by atoms with Crippen LogP contribution in [0.5, 0.6) is 11.5 Å². The average molecular weight is 287 g/mol. The number of aromatic hydroxyl groups is 1. The first-order chi connectivity index (χ1) is 10.2. The van der Waals surface area contributed by atoms with Crippen molar-refractivity contribution in [2.24, 2.45) is 0 Å². The molecule has 0 radical (unpaired) electrons. The molecule has 4 heteroatoms. The van der Waals surface area contributed by atoms with Crippen LogP contribution < -0.4 is 10.1 Å². The highest BCUT2D eigenvalue weighted by Crippen LogP contribution is 2.22. The number of nitrogens with one attached hydrogen (secondary N) is 1. The predicted molar refractivity (Wildman–Crippen MR) is 82.4 cm³/mol. The van der Waals surface area contributed by atoms with Gasteiger partial charge in [-0.05, 0) is 29.3 Å². The number of hydrogen-bond donors (Lipinski definition) is 2. The van der Waals surface area contributed by atoms with Crippen molar-refractivity contribution in [1.29, 1.82) is 0 Å². The second-order valence-corrected chi connectivity index (χ2v) is 4.85. The SMILES string of the molecule is COCc1cccc(CNCc2cc(OC)ccc2O)c1. The molecule has 4 nitrogen and oxygen atoms in total. The number of ether oxygens (including phenoxy) is 2. The van der Waals surface area contributed by atoms with Gasteiger partial charge in [0.2, 0.25) is 0 Å². The summed E-state index contributed by atoms with van der Waals surface area (Å²) in [7, 11) is 3.31. The van der Waals surface area contributed by atoms with Gasteiger partial charge in [-0.2, -0.15) is 0 Å². The molecule has 0 spiro atoms. The summed E-state index contributed by atoms with van der Waals surface area (Å²) in [5.74, 6) is 1.02. The third-order valence-corrected chi connectivity index (χ3v) is 3.23. The van der Waals surface area contributed by atoms with Crippen molar-refractivity contribution in [3.05, 3.63) is 59.2 Å². The minimum atomic E-state index is 0.274. The Labute approximate surface area is 125 Å². The summed E-state index contributed by atoms with van der Waals surface area (Å²) in [5, 5.41) is 13.2. The van der Waals surface area contributed by atoms with Gasteiger partial charge in [0, 0.05) is 25.8 Å². The van der Waals surface area contributed by atoms with Crippen molar-refractivity contribution in [2.45, 2.75) is 19.7 Å². The molecule has 0 aliphatic carbocycles. The van der Waals surface area contributed by atoms with Crippen LogP contribution in [0.3, 0.4) is 0 Å². The number of methoxy groups -OCH3 is 2. The van der Waals surface area contributed by atoms with Gasteiger partial charge in [0.05, 0.1) is 13.7 Å². The zero-order valence-corrected chi connectivity index (χ0v) is 12.4. The molecular weight excluding hydrogens is 266 g/mol. The van der Waals surface area contributed by atoms with Crippen LogP contribution in [0.25, 0.3) is 0 Å². The zero-order chi connectivity index (χ0) is 15.1. The highest BCUT2D eigenvalue weighted by atomic mass is 16.5. The molecule has 2 rings (SSSR count). The average Bonchev–Trinajstić information content (AvgIpc) is 2.50. The van der Waals surface area contributed by atoms with Crippen LogP contribution in [-0.2, 0) is 24.4 Å². The molecule has 0 unspecified atom stereocenters. The van der Waals surface area contributed by atoms with Gasteiger partial charge in [0.25, 0.3) is 0 Å². The Hall–Kier alpha value is -2.04. The van der Waals surface area contributed by atoms with E-state index >= 15 is 0 Å². The molecule has 0 amide bonds. The first kappa shape index (κ1) is 15.4.